The van der Waals surface area contributed by atoms with Crippen LogP contribution in [0.2, 0.25) is 0 Å². The van der Waals surface area contributed by atoms with Crippen LogP contribution in [0.25, 0.3) is 17.1 Å². The number of amides is 2. The predicted octanol–water partition coefficient (Wildman–Crippen LogP) is 3.65. The van der Waals surface area contributed by atoms with E-state index in [1.54, 1.807) is 23.1 Å². The fraction of sp³-hybridized carbons (Fsp3) is 0.348. The lowest BCUT2D eigenvalue weighted by Crippen LogP contribution is -2.49. The van der Waals surface area contributed by atoms with E-state index in [4.69, 9.17) is 4.42 Å². The SMILES string of the molecule is CCCC(=O)NC1CCCN(C(=O)c2cc(-c3ccco3)nn2-c2ccccc2)C1. The van der Waals surface area contributed by atoms with Crippen LogP contribution >= 0.6 is 0 Å². The summed E-state index contributed by atoms with van der Waals surface area (Å²) in [5.74, 6) is 0.562. The van der Waals surface area contributed by atoms with Gasteiger partial charge < -0.3 is 14.6 Å². The van der Waals surface area contributed by atoms with E-state index in [2.05, 4.69) is 10.4 Å². The standard InChI is InChI=1S/C23H26N4O3/c1-2-8-22(28)24-17-9-6-13-26(16-17)23(29)20-15-19(21-12-7-14-30-21)25-27(20)18-10-4-3-5-11-18/h3-5,7,10-12,14-15,17H,2,6,8-9,13,16H2,1H3,(H,24,28). The molecule has 1 unspecified atom stereocenters. The lowest BCUT2D eigenvalue weighted by atomic mass is 10.0. The molecule has 0 bridgehead atoms. The number of hydrogen-bond donors (Lipinski definition) is 1. The molecular weight excluding hydrogens is 380 g/mol. The van der Waals surface area contributed by atoms with Crippen molar-refractivity contribution in [2.75, 3.05) is 13.1 Å². The topological polar surface area (TPSA) is 80.4 Å². The van der Waals surface area contributed by atoms with Crippen LogP contribution in [-0.4, -0.2) is 45.6 Å². The zero-order valence-electron chi connectivity index (χ0n) is 17.1. The summed E-state index contributed by atoms with van der Waals surface area (Å²) in [6.45, 7) is 3.15. The lowest BCUT2D eigenvalue weighted by Gasteiger charge is -2.33. The summed E-state index contributed by atoms with van der Waals surface area (Å²) in [7, 11) is 0. The van der Waals surface area contributed by atoms with Gasteiger partial charge in [0.1, 0.15) is 11.4 Å². The number of aromatic nitrogens is 2. The fourth-order valence-electron chi connectivity index (χ4n) is 3.81. The maximum Gasteiger partial charge on any atom is 0.272 e. The van der Waals surface area contributed by atoms with Crippen LogP contribution in [0.15, 0.2) is 59.2 Å². The van der Waals surface area contributed by atoms with Crippen molar-refractivity contribution in [3.8, 4) is 17.1 Å². The van der Waals surface area contributed by atoms with E-state index in [1.165, 1.54) is 0 Å². The highest BCUT2D eigenvalue weighted by atomic mass is 16.3. The van der Waals surface area contributed by atoms with E-state index in [-0.39, 0.29) is 17.9 Å². The molecular formula is C23H26N4O3. The molecule has 0 radical (unpaired) electrons. The van der Waals surface area contributed by atoms with Crippen molar-refractivity contribution in [1.82, 2.24) is 20.0 Å². The number of benzene rings is 1. The number of rotatable bonds is 6. The van der Waals surface area contributed by atoms with Gasteiger partial charge in [0.05, 0.1) is 12.0 Å². The number of carbonyl (C=O) groups excluding carboxylic acids is 2. The van der Waals surface area contributed by atoms with E-state index >= 15 is 0 Å². The summed E-state index contributed by atoms with van der Waals surface area (Å²) in [5.41, 5.74) is 1.90. The maximum atomic E-state index is 13.5. The molecule has 156 valence electrons. The molecule has 1 aliphatic rings. The monoisotopic (exact) mass is 406 g/mol. The summed E-state index contributed by atoms with van der Waals surface area (Å²) in [4.78, 5) is 27.3. The predicted molar refractivity (Wildman–Crippen MR) is 113 cm³/mol. The molecule has 3 heterocycles. The smallest absolute Gasteiger partial charge is 0.272 e. The minimum absolute atomic E-state index is 0.0145. The molecule has 7 nitrogen and oxygen atoms in total. The third-order valence-corrected chi connectivity index (χ3v) is 5.25. The number of hydrogen-bond acceptors (Lipinski definition) is 4. The Morgan fingerprint density at radius 2 is 2.03 bits per heavy atom. The Labute approximate surface area is 175 Å². The molecule has 1 N–H and O–H groups in total. The quantitative estimate of drug-likeness (QED) is 0.678. The van der Waals surface area contributed by atoms with Gasteiger partial charge in [-0.3, -0.25) is 9.59 Å². The van der Waals surface area contributed by atoms with Crippen LogP contribution < -0.4 is 5.32 Å². The van der Waals surface area contributed by atoms with Crippen LogP contribution in [0.3, 0.4) is 0 Å². The molecule has 2 aromatic heterocycles. The van der Waals surface area contributed by atoms with Gasteiger partial charge in [0.25, 0.3) is 5.91 Å². The second-order valence-corrected chi connectivity index (χ2v) is 7.55. The van der Waals surface area contributed by atoms with Gasteiger partial charge in [-0.2, -0.15) is 5.10 Å². The Morgan fingerprint density at radius 3 is 2.77 bits per heavy atom. The Hall–Kier alpha value is -3.35. The van der Waals surface area contributed by atoms with Crippen molar-refractivity contribution in [2.45, 2.75) is 38.6 Å². The number of nitrogens with one attached hydrogen (secondary N) is 1. The van der Waals surface area contributed by atoms with Gasteiger partial charge in [0.2, 0.25) is 5.91 Å². The molecule has 3 aromatic rings. The van der Waals surface area contributed by atoms with Gasteiger partial charge in [-0.25, -0.2) is 4.68 Å². The number of nitrogens with zero attached hydrogens (tertiary/aromatic N) is 3. The van der Waals surface area contributed by atoms with Gasteiger partial charge in [-0.1, -0.05) is 25.1 Å². The number of piperidine rings is 1. The molecule has 0 spiro atoms. The van der Waals surface area contributed by atoms with E-state index in [1.807, 2.05) is 48.2 Å². The van der Waals surface area contributed by atoms with Crippen molar-refractivity contribution in [1.29, 1.82) is 0 Å². The van der Waals surface area contributed by atoms with Crippen molar-refractivity contribution < 1.29 is 14.0 Å². The number of likely N-dealkylation sites (tertiary alicyclic amines) is 1. The van der Waals surface area contributed by atoms with E-state index in [0.29, 0.717) is 36.7 Å². The molecule has 2 amide bonds. The fourth-order valence-corrected chi connectivity index (χ4v) is 3.81. The van der Waals surface area contributed by atoms with Gasteiger partial charge in [-0.15, -0.1) is 0 Å². The van der Waals surface area contributed by atoms with Crippen LogP contribution in [-0.2, 0) is 4.79 Å². The molecule has 1 aromatic carbocycles. The highest BCUT2D eigenvalue weighted by molar-refractivity contribution is 5.94. The zero-order valence-corrected chi connectivity index (χ0v) is 17.1. The molecule has 7 heteroatoms. The second-order valence-electron chi connectivity index (χ2n) is 7.55. The Kier molecular flexibility index (Phi) is 5.97. The molecule has 30 heavy (non-hydrogen) atoms. The first-order valence-electron chi connectivity index (χ1n) is 10.4. The highest BCUT2D eigenvalue weighted by Crippen LogP contribution is 2.24. The third kappa shape index (κ3) is 4.30. The molecule has 1 fully saturated rings. The summed E-state index contributed by atoms with van der Waals surface area (Å²) in [5, 5.41) is 7.70. The Bertz CT molecular complexity index is 995. The number of para-hydroxylation sites is 1. The Morgan fingerprint density at radius 1 is 1.20 bits per heavy atom. The molecule has 4 rings (SSSR count). The third-order valence-electron chi connectivity index (χ3n) is 5.25. The molecule has 0 saturated carbocycles. The van der Waals surface area contributed by atoms with Crippen molar-refractivity contribution in [3.05, 3.63) is 60.5 Å². The largest absolute Gasteiger partial charge is 0.463 e. The van der Waals surface area contributed by atoms with Crippen LogP contribution in [0, 0.1) is 0 Å². The van der Waals surface area contributed by atoms with E-state index in [0.717, 1.165) is 24.9 Å². The van der Waals surface area contributed by atoms with E-state index in [9.17, 15) is 9.59 Å². The van der Waals surface area contributed by atoms with Gasteiger partial charge >= 0.3 is 0 Å². The minimum atomic E-state index is -0.0985. The summed E-state index contributed by atoms with van der Waals surface area (Å²) in [6.07, 6.45) is 4.65. The van der Waals surface area contributed by atoms with Gasteiger partial charge in [0.15, 0.2) is 5.76 Å². The molecule has 1 saturated heterocycles. The number of furan rings is 1. The Balaban J connectivity index is 1.60. The average Bonchev–Trinajstić information content (AvgIpc) is 3.44. The first kappa shape index (κ1) is 19.9. The van der Waals surface area contributed by atoms with Crippen LogP contribution in [0.4, 0.5) is 0 Å². The highest BCUT2D eigenvalue weighted by Gasteiger charge is 2.28. The average molecular weight is 406 g/mol. The minimum Gasteiger partial charge on any atom is -0.463 e. The summed E-state index contributed by atoms with van der Waals surface area (Å²) in [6, 6.07) is 15.0. The van der Waals surface area contributed by atoms with Gasteiger partial charge in [-0.05, 0) is 43.5 Å². The maximum absolute atomic E-state index is 13.5. The van der Waals surface area contributed by atoms with Crippen molar-refractivity contribution in [2.24, 2.45) is 0 Å². The van der Waals surface area contributed by atoms with Crippen molar-refractivity contribution >= 4 is 11.8 Å². The van der Waals surface area contributed by atoms with Crippen molar-refractivity contribution in [3.63, 3.8) is 0 Å². The van der Waals surface area contributed by atoms with Crippen LogP contribution in [0.5, 0.6) is 0 Å². The molecule has 1 aliphatic heterocycles. The molecule has 1 atom stereocenters. The molecule has 0 aliphatic carbocycles. The summed E-state index contributed by atoms with van der Waals surface area (Å²) >= 11 is 0. The number of carbonyl (C=O) groups is 2. The first-order valence-corrected chi connectivity index (χ1v) is 10.4. The summed E-state index contributed by atoms with van der Waals surface area (Å²) < 4.78 is 7.15. The first-order chi connectivity index (χ1) is 14.7. The van der Waals surface area contributed by atoms with E-state index < -0.39 is 0 Å². The normalized spacial score (nSPS) is 16.4. The lowest BCUT2D eigenvalue weighted by molar-refractivity contribution is -0.122. The second kappa shape index (κ2) is 8.98. The van der Waals surface area contributed by atoms with Crippen LogP contribution in [0.1, 0.15) is 43.1 Å². The zero-order chi connectivity index (χ0) is 20.9. The van der Waals surface area contributed by atoms with Gasteiger partial charge in [0, 0.05) is 31.6 Å².